The predicted octanol–water partition coefficient (Wildman–Crippen LogP) is 3.71. The molecule has 0 fully saturated rings. The SMILES string of the molecule is [C-]#[N+]c1c(SC)nc(-c2cccnc2)n(-c2ccc(F)cc2)c1=O. The third-order valence-corrected chi connectivity index (χ3v) is 4.01. The number of aromatic nitrogens is 3. The molecule has 118 valence electrons. The maximum absolute atomic E-state index is 13.2. The Kier molecular flexibility index (Phi) is 4.40. The van der Waals surface area contributed by atoms with Crippen LogP contribution in [0.1, 0.15) is 0 Å². The first-order valence-corrected chi connectivity index (χ1v) is 8.13. The minimum absolute atomic E-state index is 0.0561. The molecule has 2 aromatic heterocycles. The summed E-state index contributed by atoms with van der Waals surface area (Å²) in [5.74, 6) is -0.0507. The second-order valence-corrected chi connectivity index (χ2v) is 5.56. The summed E-state index contributed by atoms with van der Waals surface area (Å²) in [6, 6.07) is 8.98. The number of hydrogen-bond acceptors (Lipinski definition) is 4. The van der Waals surface area contributed by atoms with Gasteiger partial charge in [-0.15, -0.1) is 11.8 Å². The highest BCUT2D eigenvalue weighted by Gasteiger charge is 2.19. The standard InChI is InChI=1S/C17H11FN4OS/c1-19-14-16(24-2)21-15(11-4-3-9-20-10-11)22(17(14)23)13-7-5-12(18)6-8-13/h3-10H,2H3. The summed E-state index contributed by atoms with van der Waals surface area (Å²) in [5.41, 5.74) is 0.519. The third-order valence-electron chi connectivity index (χ3n) is 3.34. The molecule has 1 aromatic carbocycles. The molecule has 0 bridgehead atoms. The van der Waals surface area contributed by atoms with Crippen molar-refractivity contribution in [2.45, 2.75) is 5.03 Å². The van der Waals surface area contributed by atoms with Crippen LogP contribution in [0.2, 0.25) is 0 Å². The van der Waals surface area contributed by atoms with E-state index in [1.807, 2.05) is 0 Å². The van der Waals surface area contributed by atoms with Crippen molar-refractivity contribution in [1.82, 2.24) is 14.5 Å². The Labute approximate surface area is 141 Å². The first kappa shape index (κ1) is 15.9. The number of benzene rings is 1. The molecule has 3 aromatic rings. The van der Waals surface area contributed by atoms with Crippen molar-refractivity contribution in [3.8, 4) is 17.1 Å². The quantitative estimate of drug-likeness (QED) is 0.415. The van der Waals surface area contributed by atoms with Crippen LogP contribution in [-0.4, -0.2) is 20.8 Å². The van der Waals surface area contributed by atoms with Gasteiger partial charge in [0.15, 0.2) is 0 Å². The number of hydrogen-bond donors (Lipinski definition) is 0. The van der Waals surface area contributed by atoms with E-state index in [1.54, 1.807) is 30.8 Å². The fraction of sp³-hybridized carbons (Fsp3) is 0.0588. The maximum atomic E-state index is 13.2. The molecular formula is C17H11FN4OS. The monoisotopic (exact) mass is 338 g/mol. The lowest BCUT2D eigenvalue weighted by Gasteiger charge is -2.14. The fourth-order valence-corrected chi connectivity index (χ4v) is 2.75. The third kappa shape index (κ3) is 2.79. The molecule has 0 aliphatic rings. The lowest BCUT2D eigenvalue weighted by Crippen LogP contribution is -2.22. The van der Waals surface area contributed by atoms with Gasteiger partial charge in [0.05, 0.1) is 6.57 Å². The van der Waals surface area contributed by atoms with Gasteiger partial charge in [-0.2, -0.15) is 0 Å². The molecule has 7 heteroatoms. The second-order valence-electron chi connectivity index (χ2n) is 4.76. The number of rotatable bonds is 3. The number of nitrogens with zero attached hydrogens (tertiary/aromatic N) is 4. The van der Waals surface area contributed by atoms with Crippen LogP contribution in [0, 0.1) is 12.4 Å². The van der Waals surface area contributed by atoms with E-state index >= 15 is 0 Å². The zero-order valence-corrected chi connectivity index (χ0v) is 13.4. The summed E-state index contributed by atoms with van der Waals surface area (Å²) in [6.45, 7) is 7.28. The number of halogens is 1. The Bertz CT molecular complexity index is 978. The van der Waals surface area contributed by atoms with E-state index in [2.05, 4.69) is 14.8 Å². The van der Waals surface area contributed by atoms with Gasteiger partial charge < -0.3 is 0 Å². The van der Waals surface area contributed by atoms with Gasteiger partial charge in [-0.25, -0.2) is 14.2 Å². The van der Waals surface area contributed by atoms with Gasteiger partial charge in [-0.1, -0.05) is 0 Å². The summed E-state index contributed by atoms with van der Waals surface area (Å²) in [7, 11) is 0. The maximum Gasteiger partial charge on any atom is 0.282 e. The molecule has 0 N–H and O–H groups in total. The van der Waals surface area contributed by atoms with E-state index in [0.29, 0.717) is 22.1 Å². The second kappa shape index (κ2) is 6.64. The molecule has 0 atom stereocenters. The highest BCUT2D eigenvalue weighted by atomic mass is 32.2. The van der Waals surface area contributed by atoms with E-state index in [1.165, 1.54) is 40.6 Å². The van der Waals surface area contributed by atoms with Crippen molar-refractivity contribution in [1.29, 1.82) is 0 Å². The largest absolute Gasteiger partial charge is 0.282 e. The molecule has 3 rings (SSSR count). The fourth-order valence-electron chi connectivity index (χ4n) is 2.25. The van der Waals surface area contributed by atoms with Crippen molar-refractivity contribution < 1.29 is 4.39 Å². The zero-order valence-electron chi connectivity index (χ0n) is 12.6. The van der Waals surface area contributed by atoms with Crippen LogP contribution >= 0.6 is 11.8 Å². The minimum Gasteiger partial charge on any atom is -0.282 e. The summed E-state index contributed by atoms with van der Waals surface area (Å²) >= 11 is 1.23. The molecule has 0 saturated carbocycles. The van der Waals surface area contributed by atoms with Crippen molar-refractivity contribution in [2.75, 3.05) is 6.26 Å². The van der Waals surface area contributed by atoms with E-state index in [4.69, 9.17) is 6.57 Å². The van der Waals surface area contributed by atoms with Crippen LogP contribution in [0.4, 0.5) is 10.1 Å². The Balaban J connectivity index is 2.39. The van der Waals surface area contributed by atoms with Gasteiger partial charge in [-0.3, -0.25) is 14.3 Å². The van der Waals surface area contributed by atoms with Gasteiger partial charge >= 0.3 is 0 Å². The molecule has 0 amide bonds. The summed E-state index contributed by atoms with van der Waals surface area (Å²) in [6.07, 6.45) is 4.96. The van der Waals surface area contributed by atoms with Crippen molar-refractivity contribution in [2.24, 2.45) is 0 Å². The highest BCUT2D eigenvalue weighted by Crippen LogP contribution is 2.27. The molecule has 0 unspecified atom stereocenters. The molecule has 0 aliphatic heterocycles. The van der Waals surface area contributed by atoms with Gasteiger partial charge in [0.2, 0.25) is 0 Å². The number of thioether (sulfide) groups is 1. The summed E-state index contributed by atoms with van der Waals surface area (Å²) in [5, 5.41) is 0.354. The normalized spacial score (nSPS) is 10.4. The van der Waals surface area contributed by atoms with E-state index in [9.17, 15) is 9.18 Å². The average Bonchev–Trinajstić information content (AvgIpc) is 2.62. The topological polar surface area (TPSA) is 52.1 Å². The van der Waals surface area contributed by atoms with Crippen LogP contribution in [0.15, 0.2) is 58.6 Å². The van der Waals surface area contributed by atoms with Crippen LogP contribution < -0.4 is 5.56 Å². The molecule has 24 heavy (non-hydrogen) atoms. The molecule has 0 saturated heterocycles. The summed E-state index contributed by atoms with van der Waals surface area (Å²) < 4.78 is 14.5. The lowest BCUT2D eigenvalue weighted by molar-refractivity contribution is 0.627. The molecule has 0 aliphatic carbocycles. The van der Waals surface area contributed by atoms with Crippen LogP contribution in [0.25, 0.3) is 21.9 Å². The van der Waals surface area contributed by atoms with Crippen molar-refractivity contribution in [3.05, 3.63) is 76.4 Å². The average molecular weight is 338 g/mol. The van der Waals surface area contributed by atoms with Gasteiger partial charge in [0.1, 0.15) is 16.7 Å². The minimum atomic E-state index is -0.491. The first-order chi connectivity index (χ1) is 11.7. The smallest absolute Gasteiger partial charge is 0.282 e. The highest BCUT2D eigenvalue weighted by molar-refractivity contribution is 7.98. The predicted molar refractivity (Wildman–Crippen MR) is 91.1 cm³/mol. The van der Waals surface area contributed by atoms with Crippen LogP contribution in [0.5, 0.6) is 0 Å². The molecule has 5 nitrogen and oxygen atoms in total. The van der Waals surface area contributed by atoms with Gasteiger partial charge in [0.25, 0.3) is 11.2 Å². The Morgan fingerprint density at radius 3 is 2.58 bits per heavy atom. The Hall–Kier alpha value is -2.98. The Morgan fingerprint density at radius 2 is 2.00 bits per heavy atom. The van der Waals surface area contributed by atoms with E-state index in [-0.39, 0.29) is 5.69 Å². The van der Waals surface area contributed by atoms with Crippen molar-refractivity contribution in [3.63, 3.8) is 0 Å². The lowest BCUT2D eigenvalue weighted by atomic mass is 10.2. The molecule has 0 radical (unpaired) electrons. The van der Waals surface area contributed by atoms with Gasteiger partial charge in [-0.05, 0) is 42.7 Å². The van der Waals surface area contributed by atoms with Crippen LogP contribution in [-0.2, 0) is 0 Å². The molecule has 2 heterocycles. The zero-order chi connectivity index (χ0) is 17.1. The molecular weight excluding hydrogens is 327 g/mol. The van der Waals surface area contributed by atoms with Crippen LogP contribution in [0.3, 0.4) is 0 Å². The first-order valence-electron chi connectivity index (χ1n) is 6.90. The van der Waals surface area contributed by atoms with Gasteiger partial charge in [0, 0.05) is 23.6 Å². The van der Waals surface area contributed by atoms with Crippen molar-refractivity contribution >= 4 is 17.4 Å². The summed E-state index contributed by atoms with van der Waals surface area (Å²) in [4.78, 5) is 24.7. The Morgan fingerprint density at radius 1 is 1.25 bits per heavy atom. The van der Waals surface area contributed by atoms with E-state index < -0.39 is 11.4 Å². The van der Waals surface area contributed by atoms with E-state index in [0.717, 1.165) is 0 Å². The number of pyridine rings is 1. The molecule has 0 spiro atoms.